The Morgan fingerprint density at radius 2 is 2.07 bits per heavy atom. The molecule has 3 N–H and O–H groups in total. The van der Waals surface area contributed by atoms with Crippen LogP contribution in [0.3, 0.4) is 0 Å². The zero-order chi connectivity index (χ0) is 10.4. The minimum atomic E-state index is -0.282. The van der Waals surface area contributed by atoms with Crippen molar-refractivity contribution in [1.82, 2.24) is 10.3 Å². The fourth-order valence-electron chi connectivity index (χ4n) is 0.985. The van der Waals surface area contributed by atoms with Gasteiger partial charge in [-0.25, -0.2) is 4.98 Å². The van der Waals surface area contributed by atoms with E-state index >= 15 is 0 Å². The summed E-state index contributed by atoms with van der Waals surface area (Å²) >= 11 is 3.27. The Bertz CT molecular complexity index is 279. The second-order valence-corrected chi connectivity index (χ2v) is 3.71. The number of aliphatic hydroxyl groups is 2. The maximum Gasteiger partial charge on any atom is 0.106 e. The fourth-order valence-corrected chi connectivity index (χ4v) is 1.36. The van der Waals surface area contributed by atoms with Gasteiger partial charge in [0, 0.05) is 6.54 Å². The summed E-state index contributed by atoms with van der Waals surface area (Å²) in [6.07, 6.45) is 0. The van der Waals surface area contributed by atoms with E-state index in [-0.39, 0.29) is 19.3 Å². The van der Waals surface area contributed by atoms with Crippen molar-refractivity contribution in [3.05, 3.63) is 28.5 Å². The Balaban J connectivity index is 2.44. The number of hydrogen-bond donors (Lipinski definition) is 3. The number of hydrogen-bond acceptors (Lipinski definition) is 4. The van der Waals surface area contributed by atoms with Gasteiger partial charge in [-0.15, -0.1) is 0 Å². The first kappa shape index (κ1) is 11.6. The van der Waals surface area contributed by atoms with Gasteiger partial charge in [-0.05, 0) is 28.1 Å². The van der Waals surface area contributed by atoms with Crippen LogP contribution in [0, 0.1) is 0 Å². The van der Waals surface area contributed by atoms with E-state index in [0.29, 0.717) is 6.54 Å². The molecule has 0 aliphatic carbocycles. The van der Waals surface area contributed by atoms with Crippen molar-refractivity contribution < 1.29 is 10.2 Å². The number of pyridine rings is 1. The zero-order valence-electron chi connectivity index (χ0n) is 7.65. The Morgan fingerprint density at radius 1 is 1.36 bits per heavy atom. The summed E-state index contributed by atoms with van der Waals surface area (Å²) in [4.78, 5) is 4.20. The molecular formula is C9H13BrN2O2. The average molecular weight is 261 g/mol. The summed E-state index contributed by atoms with van der Waals surface area (Å²) in [5, 5.41) is 20.6. The average Bonchev–Trinajstić information content (AvgIpc) is 2.19. The summed E-state index contributed by atoms with van der Waals surface area (Å²) < 4.78 is 0.779. The third-order valence-electron chi connectivity index (χ3n) is 1.79. The first-order chi connectivity index (χ1) is 6.76. The lowest BCUT2D eigenvalue weighted by molar-refractivity contribution is 0.170. The van der Waals surface area contributed by atoms with Crippen LogP contribution in [0.15, 0.2) is 22.8 Å². The first-order valence-corrected chi connectivity index (χ1v) is 5.12. The van der Waals surface area contributed by atoms with Gasteiger partial charge < -0.3 is 15.5 Å². The number of rotatable bonds is 5. The quantitative estimate of drug-likeness (QED) is 0.666. The SMILES string of the molecule is OCC(CO)NCc1cccc(Br)n1. The molecule has 0 radical (unpaired) electrons. The van der Waals surface area contributed by atoms with Crippen molar-refractivity contribution in [2.75, 3.05) is 13.2 Å². The fraction of sp³-hybridized carbons (Fsp3) is 0.444. The zero-order valence-corrected chi connectivity index (χ0v) is 9.24. The molecule has 1 rings (SSSR count). The van der Waals surface area contributed by atoms with Gasteiger partial charge in [0.05, 0.1) is 24.9 Å². The monoisotopic (exact) mass is 260 g/mol. The number of aromatic nitrogens is 1. The molecule has 1 aromatic rings. The molecule has 1 heterocycles. The van der Waals surface area contributed by atoms with Crippen molar-refractivity contribution in [1.29, 1.82) is 0 Å². The highest BCUT2D eigenvalue weighted by atomic mass is 79.9. The van der Waals surface area contributed by atoms with Crippen LogP contribution in [0.4, 0.5) is 0 Å². The van der Waals surface area contributed by atoms with Gasteiger partial charge >= 0.3 is 0 Å². The maximum atomic E-state index is 8.81. The van der Waals surface area contributed by atoms with Crippen molar-refractivity contribution >= 4 is 15.9 Å². The lowest BCUT2D eigenvalue weighted by Gasteiger charge is -2.12. The second-order valence-electron chi connectivity index (χ2n) is 2.89. The van der Waals surface area contributed by atoms with Crippen molar-refractivity contribution in [3.8, 4) is 0 Å². The van der Waals surface area contributed by atoms with Gasteiger partial charge in [0.25, 0.3) is 0 Å². The summed E-state index contributed by atoms with van der Waals surface area (Å²) in [5.41, 5.74) is 0.867. The lowest BCUT2D eigenvalue weighted by Crippen LogP contribution is -2.35. The molecule has 14 heavy (non-hydrogen) atoms. The Hall–Kier alpha value is -0.490. The highest BCUT2D eigenvalue weighted by Gasteiger charge is 2.04. The van der Waals surface area contributed by atoms with Gasteiger partial charge in [0.2, 0.25) is 0 Å². The predicted molar refractivity (Wildman–Crippen MR) is 56.7 cm³/mol. The Kier molecular flexibility index (Phi) is 5.03. The highest BCUT2D eigenvalue weighted by molar-refractivity contribution is 9.10. The predicted octanol–water partition coefficient (Wildman–Crippen LogP) is 0.287. The number of halogens is 1. The molecule has 0 saturated heterocycles. The van der Waals surface area contributed by atoms with E-state index in [2.05, 4.69) is 26.2 Å². The molecule has 0 fully saturated rings. The molecule has 0 aliphatic rings. The van der Waals surface area contributed by atoms with Crippen LogP contribution in [-0.4, -0.2) is 34.5 Å². The van der Waals surface area contributed by atoms with Gasteiger partial charge in [0.1, 0.15) is 4.60 Å². The molecule has 0 aliphatic heterocycles. The van der Waals surface area contributed by atoms with E-state index in [1.165, 1.54) is 0 Å². The molecule has 0 unspecified atom stereocenters. The van der Waals surface area contributed by atoms with Gasteiger partial charge in [0.15, 0.2) is 0 Å². The van der Waals surface area contributed by atoms with E-state index in [1.54, 1.807) is 0 Å². The van der Waals surface area contributed by atoms with Crippen LogP contribution in [0.1, 0.15) is 5.69 Å². The standard InChI is InChI=1S/C9H13BrN2O2/c10-9-3-1-2-7(12-9)4-11-8(5-13)6-14/h1-3,8,11,13-14H,4-6H2. The second kappa shape index (κ2) is 6.08. The smallest absolute Gasteiger partial charge is 0.106 e. The van der Waals surface area contributed by atoms with Crippen LogP contribution in [0.2, 0.25) is 0 Å². The van der Waals surface area contributed by atoms with Crippen LogP contribution >= 0.6 is 15.9 Å². The van der Waals surface area contributed by atoms with Crippen LogP contribution in [0.5, 0.6) is 0 Å². The van der Waals surface area contributed by atoms with E-state index in [9.17, 15) is 0 Å². The van der Waals surface area contributed by atoms with Crippen molar-refractivity contribution in [2.45, 2.75) is 12.6 Å². The minimum absolute atomic E-state index is 0.0789. The first-order valence-electron chi connectivity index (χ1n) is 4.32. The number of nitrogens with one attached hydrogen (secondary N) is 1. The summed E-state index contributed by atoms with van der Waals surface area (Å²) in [5.74, 6) is 0. The molecule has 5 heteroatoms. The molecule has 0 atom stereocenters. The minimum Gasteiger partial charge on any atom is -0.395 e. The van der Waals surface area contributed by atoms with Crippen LogP contribution in [0.25, 0.3) is 0 Å². The van der Waals surface area contributed by atoms with Crippen molar-refractivity contribution in [3.63, 3.8) is 0 Å². The molecule has 4 nitrogen and oxygen atoms in total. The molecule has 1 aromatic heterocycles. The molecule has 0 saturated carbocycles. The van der Waals surface area contributed by atoms with Crippen LogP contribution in [-0.2, 0) is 6.54 Å². The highest BCUT2D eigenvalue weighted by Crippen LogP contribution is 2.05. The third kappa shape index (κ3) is 3.71. The molecule has 0 amide bonds. The number of nitrogens with zero attached hydrogens (tertiary/aromatic N) is 1. The third-order valence-corrected chi connectivity index (χ3v) is 2.23. The Labute approximate surface area is 91.1 Å². The lowest BCUT2D eigenvalue weighted by atomic mass is 10.3. The van der Waals surface area contributed by atoms with E-state index in [1.807, 2.05) is 18.2 Å². The van der Waals surface area contributed by atoms with Crippen LogP contribution < -0.4 is 5.32 Å². The van der Waals surface area contributed by atoms with E-state index < -0.39 is 0 Å². The van der Waals surface area contributed by atoms with E-state index in [4.69, 9.17) is 10.2 Å². The summed E-state index contributed by atoms with van der Waals surface area (Å²) in [7, 11) is 0. The summed E-state index contributed by atoms with van der Waals surface area (Å²) in [6.45, 7) is 0.375. The topological polar surface area (TPSA) is 65.4 Å². The molecular weight excluding hydrogens is 248 g/mol. The largest absolute Gasteiger partial charge is 0.395 e. The van der Waals surface area contributed by atoms with Gasteiger partial charge in [-0.1, -0.05) is 6.07 Å². The summed E-state index contributed by atoms with van der Waals surface area (Å²) in [6, 6.07) is 5.33. The van der Waals surface area contributed by atoms with Gasteiger partial charge in [-0.2, -0.15) is 0 Å². The molecule has 0 bridgehead atoms. The Morgan fingerprint density at radius 3 is 2.64 bits per heavy atom. The maximum absolute atomic E-state index is 8.81. The normalized spacial score (nSPS) is 10.9. The molecule has 78 valence electrons. The molecule has 0 aromatic carbocycles. The van der Waals surface area contributed by atoms with Crippen molar-refractivity contribution in [2.24, 2.45) is 0 Å². The van der Waals surface area contributed by atoms with Gasteiger partial charge in [-0.3, -0.25) is 0 Å². The number of aliphatic hydroxyl groups excluding tert-OH is 2. The molecule has 0 spiro atoms. The van der Waals surface area contributed by atoms with E-state index in [0.717, 1.165) is 10.3 Å².